The molecule has 0 saturated carbocycles. The third kappa shape index (κ3) is 4.72. The Labute approximate surface area is 114 Å². The summed E-state index contributed by atoms with van der Waals surface area (Å²) in [5, 5.41) is 8.84. The average molecular weight is 259 g/mol. The van der Waals surface area contributed by atoms with E-state index >= 15 is 0 Å². The molecule has 1 aromatic rings. The van der Waals surface area contributed by atoms with E-state index in [1.807, 2.05) is 25.1 Å². The maximum Gasteiger partial charge on any atom is 0.222 e. The molecule has 0 aliphatic rings. The Balaban J connectivity index is 2.61. The summed E-state index contributed by atoms with van der Waals surface area (Å²) in [4.78, 5) is 13.7. The van der Waals surface area contributed by atoms with Crippen molar-refractivity contribution in [3.05, 3.63) is 35.4 Å². The molecule has 0 saturated heterocycles. The Morgan fingerprint density at radius 3 is 2.84 bits per heavy atom. The van der Waals surface area contributed by atoms with Crippen LogP contribution >= 0.6 is 0 Å². The van der Waals surface area contributed by atoms with Crippen LogP contribution in [-0.4, -0.2) is 24.4 Å². The van der Waals surface area contributed by atoms with Crippen LogP contribution in [0, 0.1) is 17.2 Å². The highest BCUT2D eigenvalue weighted by Crippen LogP contribution is 2.11. The second-order valence-corrected chi connectivity index (χ2v) is 4.78. The molecule has 19 heavy (non-hydrogen) atoms. The number of amides is 1. The summed E-state index contributed by atoms with van der Waals surface area (Å²) < 4.78 is 0. The molecular formula is C15H21N3O. The predicted octanol–water partition coefficient (Wildman–Crippen LogP) is 1.89. The van der Waals surface area contributed by atoms with Crippen LogP contribution < -0.4 is 5.73 Å². The van der Waals surface area contributed by atoms with Crippen LogP contribution in [0.3, 0.4) is 0 Å². The Hall–Kier alpha value is -1.86. The van der Waals surface area contributed by atoms with Gasteiger partial charge in [-0.15, -0.1) is 0 Å². The Kier molecular flexibility index (Phi) is 6.04. The normalized spacial score (nSPS) is 11.7. The highest BCUT2D eigenvalue weighted by Gasteiger charge is 2.14. The van der Waals surface area contributed by atoms with E-state index < -0.39 is 0 Å². The number of benzene rings is 1. The SMILES string of the molecule is CCC(CN)CC(=O)N(C)Cc1cccc(C#N)c1. The lowest BCUT2D eigenvalue weighted by Gasteiger charge is -2.20. The van der Waals surface area contributed by atoms with Crippen molar-refractivity contribution in [2.45, 2.75) is 26.3 Å². The minimum absolute atomic E-state index is 0.0969. The molecule has 1 aromatic carbocycles. The number of rotatable bonds is 6. The largest absolute Gasteiger partial charge is 0.341 e. The van der Waals surface area contributed by atoms with Crippen molar-refractivity contribution >= 4 is 5.91 Å². The van der Waals surface area contributed by atoms with Gasteiger partial charge in [-0.3, -0.25) is 4.79 Å². The van der Waals surface area contributed by atoms with Gasteiger partial charge in [0.05, 0.1) is 11.6 Å². The average Bonchev–Trinajstić information content (AvgIpc) is 2.44. The number of hydrogen-bond donors (Lipinski definition) is 1. The van der Waals surface area contributed by atoms with Crippen molar-refractivity contribution in [2.75, 3.05) is 13.6 Å². The van der Waals surface area contributed by atoms with Crippen LogP contribution in [0.1, 0.15) is 30.9 Å². The van der Waals surface area contributed by atoms with Gasteiger partial charge in [-0.05, 0) is 30.2 Å². The number of nitrogens with two attached hydrogens (primary N) is 1. The molecule has 1 rings (SSSR count). The van der Waals surface area contributed by atoms with E-state index in [4.69, 9.17) is 11.0 Å². The molecule has 4 heteroatoms. The van der Waals surface area contributed by atoms with E-state index in [2.05, 4.69) is 6.07 Å². The minimum atomic E-state index is 0.0969. The molecule has 2 N–H and O–H groups in total. The Morgan fingerprint density at radius 1 is 1.53 bits per heavy atom. The van der Waals surface area contributed by atoms with Crippen molar-refractivity contribution in [1.82, 2.24) is 4.90 Å². The number of carbonyl (C=O) groups is 1. The number of carbonyl (C=O) groups excluding carboxylic acids is 1. The zero-order valence-corrected chi connectivity index (χ0v) is 11.6. The zero-order chi connectivity index (χ0) is 14.3. The van der Waals surface area contributed by atoms with Crippen molar-refractivity contribution < 1.29 is 4.79 Å². The Bertz CT molecular complexity index is 461. The summed E-state index contributed by atoms with van der Waals surface area (Å²) >= 11 is 0. The van der Waals surface area contributed by atoms with E-state index in [1.54, 1.807) is 18.0 Å². The van der Waals surface area contributed by atoms with E-state index in [-0.39, 0.29) is 11.8 Å². The van der Waals surface area contributed by atoms with Gasteiger partial charge in [0, 0.05) is 20.0 Å². The first-order valence-corrected chi connectivity index (χ1v) is 6.53. The highest BCUT2D eigenvalue weighted by atomic mass is 16.2. The molecule has 0 aromatic heterocycles. The highest BCUT2D eigenvalue weighted by molar-refractivity contribution is 5.76. The summed E-state index contributed by atoms with van der Waals surface area (Å²) in [6.45, 7) is 3.11. The summed E-state index contributed by atoms with van der Waals surface area (Å²) in [5.74, 6) is 0.347. The molecule has 102 valence electrons. The van der Waals surface area contributed by atoms with Crippen LogP contribution in [0.4, 0.5) is 0 Å². The second-order valence-electron chi connectivity index (χ2n) is 4.78. The lowest BCUT2D eigenvalue weighted by Crippen LogP contribution is -2.29. The molecule has 0 spiro atoms. The zero-order valence-electron chi connectivity index (χ0n) is 11.6. The molecule has 1 unspecified atom stereocenters. The second kappa shape index (κ2) is 7.55. The van der Waals surface area contributed by atoms with Crippen LogP contribution in [0.5, 0.6) is 0 Å². The first-order valence-electron chi connectivity index (χ1n) is 6.53. The molecule has 0 aliphatic carbocycles. The molecule has 0 radical (unpaired) electrons. The third-order valence-corrected chi connectivity index (χ3v) is 3.28. The van der Waals surface area contributed by atoms with Gasteiger partial charge in [0.15, 0.2) is 0 Å². The Morgan fingerprint density at radius 2 is 2.26 bits per heavy atom. The fraction of sp³-hybridized carbons (Fsp3) is 0.467. The van der Waals surface area contributed by atoms with Crippen LogP contribution in [0.25, 0.3) is 0 Å². The van der Waals surface area contributed by atoms with Gasteiger partial charge in [-0.1, -0.05) is 25.5 Å². The maximum atomic E-state index is 12.0. The summed E-state index contributed by atoms with van der Waals surface area (Å²) in [7, 11) is 1.78. The van der Waals surface area contributed by atoms with Crippen LogP contribution in [-0.2, 0) is 11.3 Å². The maximum absolute atomic E-state index is 12.0. The number of nitriles is 1. The lowest BCUT2D eigenvalue weighted by atomic mass is 10.0. The fourth-order valence-corrected chi connectivity index (χ4v) is 1.90. The topological polar surface area (TPSA) is 70.1 Å². The fourth-order valence-electron chi connectivity index (χ4n) is 1.90. The molecule has 0 heterocycles. The molecule has 4 nitrogen and oxygen atoms in total. The van der Waals surface area contributed by atoms with Gasteiger partial charge < -0.3 is 10.6 Å². The van der Waals surface area contributed by atoms with Crippen molar-refractivity contribution in [3.8, 4) is 6.07 Å². The van der Waals surface area contributed by atoms with Gasteiger partial charge >= 0.3 is 0 Å². The first kappa shape index (κ1) is 15.2. The van der Waals surface area contributed by atoms with Crippen LogP contribution in [0.2, 0.25) is 0 Å². The van der Waals surface area contributed by atoms with Crippen molar-refractivity contribution in [3.63, 3.8) is 0 Å². The van der Waals surface area contributed by atoms with Gasteiger partial charge in [0.2, 0.25) is 5.91 Å². The molecule has 0 aliphatic heterocycles. The van der Waals surface area contributed by atoms with Gasteiger partial charge in [0.1, 0.15) is 0 Å². The number of hydrogen-bond acceptors (Lipinski definition) is 3. The van der Waals surface area contributed by atoms with E-state index in [9.17, 15) is 4.79 Å². The quantitative estimate of drug-likeness (QED) is 0.848. The van der Waals surface area contributed by atoms with Crippen molar-refractivity contribution in [1.29, 1.82) is 5.26 Å². The molecule has 1 amide bonds. The summed E-state index contributed by atoms with van der Waals surface area (Å²) in [5.41, 5.74) is 7.20. The first-order chi connectivity index (χ1) is 9.10. The third-order valence-electron chi connectivity index (χ3n) is 3.28. The van der Waals surface area contributed by atoms with Gasteiger partial charge in [0.25, 0.3) is 0 Å². The lowest BCUT2D eigenvalue weighted by molar-refractivity contribution is -0.131. The number of nitrogens with zero attached hydrogens (tertiary/aromatic N) is 2. The van der Waals surface area contributed by atoms with Gasteiger partial charge in [-0.25, -0.2) is 0 Å². The van der Waals surface area contributed by atoms with E-state index in [0.717, 1.165) is 12.0 Å². The van der Waals surface area contributed by atoms with Crippen LogP contribution in [0.15, 0.2) is 24.3 Å². The van der Waals surface area contributed by atoms with Gasteiger partial charge in [-0.2, -0.15) is 5.26 Å². The predicted molar refractivity (Wildman–Crippen MR) is 75.1 cm³/mol. The van der Waals surface area contributed by atoms with Crippen molar-refractivity contribution in [2.24, 2.45) is 11.7 Å². The molecule has 0 bridgehead atoms. The molecule has 0 fully saturated rings. The standard InChI is InChI=1S/C15H21N3O/c1-3-12(9-16)8-15(19)18(2)11-14-6-4-5-13(7-14)10-17/h4-7,12H,3,8-9,11,16H2,1-2H3. The minimum Gasteiger partial charge on any atom is -0.341 e. The molecular weight excluding hydrogens is 238 g/mol. The molecule has 1 atom stereocenters. The van der Waals surface area contributed by atoms with E-state index in [1.165, 1.54) is 0 Å². The monoisotopic (exact) mass is 259 g/mol. The summed E-state index contributed by atoms with van der Waals surface area (Å²) in [6, 6.07) is 9.42. The summed E-state index contributed by atoms with van der Waals surface area (Å²) in [6.07, 6.45) is 1.40. The van der Waals surface area contributed by atoms with E-state index in [0.29, 0.717) is 25.1 Å². The smallest absolute Gasteiger partial charge is 0.222 e.